The molecule has 0 aromatic carbocycles. The second kappa shape index (κ2) is 7.48. The first-order chi connectivity index (χ1) is 13.6. The quantitative estimate of drug-likeness (QED) is 0.812. The Morgan fingerprint density at radius 1 is 1.18 bits per heavy atom. The Hall–Kier alpha value is -1.35. The number of hydrogen-bond donors (Lipinski definition) is 2. The maximum Gasteiger partial charge on any atom is 0.132 e. The fourth-order valence-electron chi connectivity index (χ4n) is 5.28. The number of hydrogen-bond acceptors (Lipinski definition) is 7. The number of anilines is 1. The predicted octanol–water partition coefficient (Wildman–Crippen LogP) is 1.90. The van der Waals surface area contributed by atoms with Crippen molar-refractivity contribution in [3.05, 3.63) is 18.1 Å². The fourth-order valence-corrected chi connectivity index (χ4v) is 5.28. The molecule has 1 aromatic heterocycles. The second-order valence-electron chi connectivity index (χ2n) is 8.91. The summed E-state index contributed by atoms with van der Waals surface area (Å²) in [6, 6.07) is 2.23. The van der Waals surface area contributed by atoms with E-state index in [-0.39, 0.29) is 30.2 Å². The molecule has 8 heteroatoms. The Bertz CT molecular complexity index is 695. The summed E-state index contributed by atoms with van der Waals surface area (Å²) in [4.78, 5) is 11.4. The van der Waals surface area contributed by atoms with Gasteiger partial charge in [-0.15, -0.1) is 0 Å². The van der Waals surface area contributed by atoms with E-state index in [9.17, 15) is 4.39 Å². The summed E-state index contributed by atoms with van der Waals surface area (Å²) in [7, 11) is 0. The summed E-state index contributed by atoms with van der Waals surface area (Å²) in [5.41, 5.74) is 7.62. The van der Waals surface area contributed by atoms with Gasteiger partial charge in [-0.2, -0.15) is 0 Å². The van der Waals surface area contributed by atoms with Crippen molar-refractivity contribution >= 4 is 5.82 Å². The van der Waals surface area contributed by atoms with Crippen LogP contribution in [0.1, 0.15) is 51.3 Å². The van der Waals surface area contributed by atoms with Crippen LogP contribution in [0.15, 0.2) is 12.4 Å². The van der Waals surface area contributed by atoms with Gasteiger partial charge in [0.15, 0.2) is 0 Å². The number of aromatic nitrogens is 2. The third-order valence-corrected chi connectivity index (χ3v) is 6.56. The summed E-state index contributed by atoms with van der Waals surface area (Å²) < 4.78 is 26.3. The molecule has 154 valence electrons. The second-order valence-corrected chi connectivity index (χ2v) is 8.91. The van der Waals surface area contributed by atoms with Crippen LogP contribution in [0.5, 0.6) is 0 Å². The van der Waals surface area contributed by atoms with Gasteiger partial charge in [-0.25, -0.2) is 19.8 Å². The minimum absolute atomic E-state index is 0.0305. The SMILES string of the molecule is CC(C)OC1CC2C(CC1F)NNC2c1cc(N2CC3CCC(C2)O3)ncn1. The number of ether oxygens (including phenoxy) is 2. The highest BCUT2D eigenvalue weighted by molar-refractivity contribution is 5.41. The molecule has 7 nitrogen and oxygen atoms in total. The van der Waals surface area contributed by atoms with Crippen LogP contribution in [-0.4, -0.2) is 59.7 Å². The Morgan fingerprint density at radius 3 is 2.71 bits per heavy atom. The monoisotopic (exact) mass is 391 g/mol. The summed E-state index contributed by atoms with van der Waals surface area (Å²) >= 11 is 0. The lowest BCUT2D eigenvalue weighted by molar-refractivity contribution is -0.0708. The zero-order valence-corrected chi connectivity index (χ0v) is 16.6. The number of fused-ring (bicyclic) bond motifs is 3. The number of alkyl halides is 1. The predicted molar refractivity (Wildman–Crippen MR) is 103 cm³/mol. The van der Waals surface area contributed by atoms with Crippen molar-refractivity contribution in [2.75, 3.05) is 18.0 Å². The summed E-state index contributed by atoms with van der Waals surface area (Å²) in [5.74, 6) is 1.21. The highest BCUT2D eigenvalue weighted by Crippen LogP contribution is 2.40. The first kappa shape index (κ1) is 18.7. The molecule has 5 rings (SSSR count). The van der Waals surface area contributed by atoms with E-state index in [0.717, 1.165) is 37.4 Å². The van der Waals surface area contributed by atoms with Gasteiger partial charge in [0.2, 0.25) is 0 Å². The zero-order chi connectivity index (χ0) is 19.3. The number of hydrazine groups is 1. The fraction of sp³-hybridized carbons (Fsp3) is 0.800. The first-order valence-electron chi connectivity index (χ1n) is 10.6. The van der Waals surface area contributed by atoms with E-state index in [1.807, 2.05) is 13.8 Å². The van der Waals surface area contributed by atoms with Gasteiger partial charge in [0, 0.05) is 31.1 Å². The van der Waals surface area contributed by atoms with Gasteiger partial charge in [-0.05, 0) is 39.5 Å². The normalized spacial score (nSPS) is 40.1. The Morgan fingerprint density at radius 2 is 1.96 bits per heavy atom. The molecule has 28 heavy (non-hydrogen) atoms. The Labute approximate surface area is 165 Å². The van der Waals surface area contributed by atoms with Crippen LogP contribution in [0.25, 0.3) is 0 Å². The number of nitrogens with one attached hydrogen (secondary N) is 2. The lowest BCUT2D eigenvalue weighted by Gasteiger charge is -2.36. The van der Waals surface area contributed by atoms with E-state index in [2.05, 4.69) is 31.8 Å². The van der Waals surface area contributed by atoms with E-state index in [1.54, 1.807) is 6.33 Å². The van der Waals surface area contributed by atoms with Crippen LogP contribution in [0.4, 0.5) is 10.2 Å². The van der Waals surface area contributed by atoms with Crippen molar-refractivity contribution in [3.8, 4) is 0 Å². The third kappa shape index (κ3) is 3.51. The van der Waals surface area contributed by atoms with Gasteiger partial charge in [0.25, 0.3) is 0 Å². The van der Waals surface area contributed by atoms with Gasteiger partial charge >= 0.3 is 0 Å². The topological polar surface area (TPSA) is 71.5 Å². The minimum atomic E-state index is -0.929. The van der Waals surface area contributed by atoms with E-state index in [1.165, 1.54) is 0 Å². The highest BCUT2D eigenvalue weighted by Gasteiger charge is 2.46. The smallest absolute Gasteiger partial charge is 0.132 e. The van der Waals surface area contributed by atoms with Crippen LogP contribution < -0.4 is 15.8 Å². The lowest BCUT2D eigenvalue weighted by atomic mass is 9.78. The molecule has 1 saturated carbocycles. The molecule has 2 bridgehead atoms. The van der Waals surface area contributed by atoms with E-state index < -0.39 is 6.17 Å². The van der Waals surface area contributed by atoms with Crippen LogP contribution >= 0.6 is 0 Å². The van der Waals surface area contributed by atoms with Gasteiger partial charge < -0.3 is 14.4 Å². The number of nitrogens with zero attached hydrogens (tertiary/aromatic N) is 3. The molecule has 4 fully saturated rings. The molecule has 0 amide bonds. The molecule has 7 atom stereocenters. The molecule has 0 spiro atoms. The maximum absolute atomic E-state index is 14.5. The van der Waals surface area contributed by atoms with Crippen LogP contribution in [0.3, 0.4) is 0 Å². The number of halogens is 1. The first-order valence-corrected chi connectivity index (χ1v) is 10.6. The van der Waals surface area contributed by atoms with Crippen molar-refractivity contribution in [1.82, 2.24) is 20.8 Å². The molecule has 7 unspecified atom stereocenters. The lowest BCUT2D eigenvalue weighted by Crippen LogP contribution is -2.44. The summed E-state index contributed by atoms with van der Waals surface area (Å²) in [5, 5.41) is 0. The molecule has 1 aromatic rings. The van der Waals surface area contributed by atoms with Gasteiger partial charge in [0.05, 0.1) is 36.2 Å². The van der Waals surface area contributed by atoms with Crippen LogP contribution in [0.2, 0.25) is 0 Å². The molecule has 4 heterocycles. The third-order valence-electron chi connectivity index (χ3n) is 6.56. The minimum Gasteiger partial charge on any atom is -0.373 e. The van der Waals surface area contributed by atoms with E-state index in [0.29, 0.717) is 25.0 Å². The molecule has 3 aliphatic heterocycles. The maximum atomic E-state index is 14.5. The van der Waals surface area contributed by atoms with Crippen molar-refractivity contribution in [2.45, 2.75) is 82.2 Å². The van der Waals surface area contributed by atoms with Crippen molar-refractivity contribution in [3.63, 3.8) is 0 Å². The van der Waals surface area contributed by atoms with Gasteiger partial charge in [-0.3, -0.25) is 5.43 Å². The standard InChI is InChI=1S/C20H30FN5O2/c1-11(2)27-18-5-14-16(6-15(18)21)24-25-20(14)17-7-19(23-10-22-17)26-8-12-3-4-13(9-26)28-12/h7,10-16,18,20,24-25H,3-6,8-9H2,1-2H3. The molecule has 4 aliphatic rings. The van der Waals surface area contributed by atoms with E-state index in [4.69, 9.17) is 9.47 Å². The Balaban J connectivity index is 1.33. The Kier molecular flexibility index (Phi) is 4.99. The molecule has 3 saturated heterocycles. The molecule has 1 aliphatic carbocycles. The molecular weight excluding hydrogens is 361 g/mol. The van der Waals surface area contributed by atoms with Crippen molar-refractivity contribution < 1.29 is 13.9 Å². The average molecular weight is 391 g/mol. The van der Waals surface area contributed by atoms with Crippen molar-refractivity contribution in [2.24, 2.45) is 5.92 Å². The highest BCUT2D eigenvalue weighted by atomic mass is 19.1. The summed E-state index contributed by atoms with van der Waals surface area (Å²) in [6.07, 6.45) is 4.48. The molecular formula is C20H30FN5O2. The number of morpholine rings is 1. The van der Waals surface area contributed by atoms with Gasteiger partial charge in [0.1, 0.15) is 18.3 Å². The largest absolute Gasteiger partial charge is 0.373 e. The zero-order valence-electron chi connectivity index (χ0n) is 16.6. The van der Waals surface area contributed by atoms with Gasteiger partial charge in [-0.1, -0.05) is 0 Å². The molecule has 0 radical (unpaired) electrons. The number of rotatable bonds is 4. The van der Waals surface area contributed by atoms with Crippen LogP contribution in [0, 0.1) is 5.92 Å². The molecule has 2 N–H and O–H groups in total. The van der Waals surface area contributed by atoms with Crippen LogP contribution in [-0.2, 0) is 9.47 Å². The van der Waals surface area contributed by atoms with Crippen molar-refractivity contribution in [1.29, 1.82) is 0 Å². The summed E-state index contributed by atoms with van der Waals surface area (Å²) in [6.45, 7) is 5.72. The average Bonchev–Trinajstić information content (AvgIpc) is 3.24. The van der Waals surface area contributed by atoms with E-state index >= 15 is 0 Å².